The van der Waals surface area contributed by atoms with Gasteiger partial charge in [-0.25, -0.2) is 0 Å². The van der Waals surface area contributed by atoms with E-state index >= 15 is 0 Å². The van der Waals surface area contributed by atoms with Gasteiger partial charge in [-0.1, -0.05) is 17.7 Å². The van der Waals surface area contributed by atoms with Gasteiger partial charge in [0.25, 0.3) is 0 Å². The lowest BCUT2D eigenvalue weighted by Gasteiger charge is -2.32. The second-order valence-electron chi connectivity index (χ2n) is 10.6. The zero-order chi connectivity index (χ0) is 22.7. The van der Waals surface area contributed by atoms with Crippen molar-refractivity contribution in [2.75, 3.05) is 14.1 Å². The smallest absolute Gasteiger partial charge is 0.399 e. The Kier molecular flexibility index (Phi) is 5.73. The zero-order valence-electron chi connectivity index (χ0n) is 20.4. The van der Waals surface area contributed by atoms with Gasteiger partial charge in [-0.15, -0.1) is 0 Å². The third-order valence-electron chi connectivity index (χ3n) is 6.95. The summed E-state index contributed by atoms with van der Waals surface area (Å²) in [6.45, 7) is 18.6. The topological polar surface area (TPSA) is 52.5 Å². The van der Waals surface area contributed by atoms with Crippen LogP contribution in [0.5, 0.6) is 0 Å². The molecule has 0 atom stereocenters. The molecule has 2 heterocycles. The molecule has 0 unspecified atom stereocenters. The van der Waals surface area contributed by atoms with Gasteiger partial charge in [0, 0.05) is 14.1 Å². The zero-order valence-corrected chi connectivity index (χ0v) is 20.4. The number of nitrogens with zero attached hydrogens (tertiary/aromatic N) is 2. The van der Waals surface area contributed by atoms with Crippen LogP contribution in [0.4, 0.5) is 0 Å². The van der Waals surface area contributed by atoms with E-state index in [9.17, 15) is 0 Å². The molecule has 8 heteroatoms. The average molecular weight is 414 g/mol. The monoisotopic (exact) mass is 414 g/mol. The fourth-order valence-electron chi connectivity index (χ4n) is 3.53. The van der Waals surface area contributed by atoms with Gasteiger partial charge < -0.3 is 23.6 Å². The van der Waals surface area contributed by atoms with Gasteiger partial charge in [0.15, 0.2) is 0 Å². The van der Waals surface area contributed by atoms with E-state index in [4.69, 9.17) is 18.6 Å². The normalized spacial score (nSPS) is 24.1. The maximum Gasteiger partial charge on any atom is 0.495 e. The minimum absolute atomic E-state index is 0.428. The minimum atomic E-state index is -0.500. The standard InChI is InChI=1S/C22H36B2N2O4/c1-15-12-13-17(23-27-19(2,3)20(4,5)28-23)16(14-25-26(10)11)18(15)24-29-21(6,7)22(8,9)30-24/h12-14H,1-11H3/b25-14+. The lowest BCUT2D eigenvalue weighted by atomic mass is 9.66. The molecule has 0 amide bonds. The quantitative estimate of drug-likeness (QED) is 0.431. The number of hydrogen-bond acceptors (Lipinski definition) is 6. The third-order valence-corrected chi connectivity index (χ3v) is 6.95. The van der Waals surface area contributed by atoms with Gasteiger partial charge in [-0.3, -0.25) is 0 Å². The van der Waals surface area contributed by atoms with Crippen molar-refractivity contribution < 1.29 is 18.6 Å². The van der Waals surface area contributed by atoms with Crippen molar-refractivity contribution in [1.82, 2.24) is 5.01 Å². The highest BCUT2D eigenvalue weighted by molar-refractivity contribution is 6.68. The van der Waals surface area contributed by atoms with E-state index in [1.807, 2.05) is 20.3 Å². The highest BCUT2D eigenvalue weighted by Crippen LogP contribution is 2.38. The molecule has 164 valence electrons. The fraction of sp³-hybridized carbons (Fsp3) is 0.682. The highest BCUT2D eigenvalue weighted by atomic mass is 16.7. The number of benzene rings is 1. The molecule has 3 rings (SSSR count). The van der Waals surface area contributed by atoms with Gasteiger partial charge in [-0.05, 0) is 78.8 Å². The lowest BCUT2D eigenvalue weighted by Crippen LogP contribution is -2.46. The molecular weight excluding hydrogens is 378 g/mol. The molecule has 2 saturated heterocycles. The summed E-state index contributed by atoms with van der Waals surface area (Å²) < 4.78 is 25.5. The molecule has 2 fully saturated rings. The summed E-state index contributed by atoms with van der Waals surface area (Å²) in [5.74, 6) is 0. The molecule has 0 N–H and O–H groups in total. The molecular formula is C22H36B2N2O4. The summed E-state index contributed by atoms with van der Waals surface area (Å²) in [6, 6.07) is 4.14. The fourth-order valence-corrected chi connectivity index (χ4v) is 3.53. The highest BCUT2D eigenvalue weighted by Gasteiger charge is 2.55. The summed E-state index contributed by atoms with van der Waals surface area (Å²) in [5.41, 5.74) is 2.17. The second-order valence-corrected chi connectivity index (χ2v) is 10.6. The van der Waals surface area contributed by atoms with E-state index in [0.29, 0.717) is 0 Å². The van der Waals surface area contributed by atoms with E-state index in [-0.39, 0.29) is 0 Å². The Balaban J connectivity index is 2.13. The van der Waals surface area contributed by atoms with Crippen molar-refractivity contribution in [3.63, 3.8) is 0 Å². The van der Waals surface area contributed by atoms with E-state index in [1.54, 1.807) is 5.01 Å². The van der Waals surface area contributed by atoms with E-state index in [1.165, 1.54) is 0 Å². The van der Waals surface area contributed by atoms with Crippen LogP contribution in [0.2, 0.25) is 0 Å². The first kappa shape index (κ1) is 23.3. The maximum atomic E-state index is 6.40. The van der Waals surface area contributed by atoms with E-state index in [0.717, 1.165) is 22.1 Å². The number of rotatable bonds is 4. The van der Waals surface area contributed by atoms with E-state index < -0.39 is 36.6 Å². The number of hydrazone groups is 1. The first-order chi connectivity index (χ1) is 13.6. The van der Waals surface area contributed by atoms with Crippen molar-refractivity contribution in [3.05, 3.63) is 23.3 Å². The average Bonchev–Trinajstić information content (AvgIpc) is 2.91. The third kappa shape index (κ3) is 3.95. The molecule has 1 aromatic carbocycles. The molecule has 2 aliphatic rings. The molecule has 0 saturated carbocycles. The molecule has 0 spiro atoms. The van der Waals surface area contributed by atoms with Gasteiger partial charge >= 0.3 is 14.2 Å². The summed E-state index contributed by atoms with van der Waals surface area (Å²) in [4.78, 5) is 0. The molecule has 2 aliphatic heterocycles. The summed E-state index contributed by atoms with van der Waals surface area (Å²) >= 11 is 0. The first-order valence-corrected chi connectivity index (χ1v) is 10.6. The SMILES string of the molecule is Cc1ccc(B2OC(C)(C)C(C)(C)O2)c(/C=N/N(C)C)c1B1OC(C)(C)C(C)(C)O1. The Hall–Kier alpha value is -1.34. The maximum absolute atomic E-state index is 6.40. The molecule has 30 heavy (non-hydrogen) atoms. The summed E-state index contributed by atoms with van der Waals surface area (Å²) in [6.07, 6.45) is 1.85. The summed E-state index contributed by atoms with van der Waals surface area (Å²) in [7, 11) is 2.80. The van der Waals surface area contributed by atoms with Crippen molar-refractivity contribution in [1.29, 1.82) is 0 Å². The van der Waals surface area contributed by atoms with Crippen molar-refractivity contribution in [2.24, 2.45) is 5.10 Å². The van der Waals surface area contributed by atoms with Crippen molar-refractivity contribution in [2.45, 2.75) is 84.7 Å². The Morgan fingerprint density at radius 1 is 0.767 bits per heavy atom. The van der Waals surface area contributed by atoms with Gasteiger partial charge in [-0.2, -0.15) is 5.10 Å². The largest absolute Gasteiger partial charge is 0.495 e. The predicted octanol–water partition coefficient (Wildman–Crippen LogP) is 2.49. The predicted molar refractivity (Wildman–Crippen MR) is 124 cm³/mol. The van der Waals surface area contributed by atoms with Crippen LogP contribution < -0.4 is 10.9 Å². The van der Waals surface area contributed by atoms with Crippen LogP contribution in [0, 0.1) is 6.92 Å². The first-order valence-electron chi connectivity index (χ1n) is 10.6. The Morgan fingerprint density at radius 3 is 1.63 bits per heavy atom. The minimum Gasteiger partial charge on any atom is -0.399 e. The number of hydrogen-bond donors (Lipinski definition) is 0. The van der Waals surface area contributed by atoms with Crippen LogP contribution in [0.1, 0.15) is 66.5 Å². The van der Waals surface area contributed by atoms with Crippen LogP contribution in [-0.4, -0.2) is 62.0 Å². The Bertz CT molecular complexity index is 818. The lowest BCUT2D eigenvalue weighted by molar-refractivity contribution is 0.00578. The van der Waals surface area contributed by atoms with Crippen LogP contribution >= 0.6 is 0 Å². The van der Waals surface area contributed by atoms with Gasteiger partial charge in [0.05, 0.1) is 28.6 Å². The molecule has 1 aromatic rings. The molecule has 0 aromatic heterocycles. The second kappa shape index (κ2) is 7.37. The van der Waals surface area contributed by atoms with Crippen molar-refractivity contribution in [3.8, 4) is 0 Å². The van der Waals surface area contributed by atoms with Crippen LogP contribution in [0.3, 0.4) is 0 Å². The molecule has 0 radical (unpaired) electrons. The van der Waals surface area contributed by atoms with Crippen molar-refractivity contribution >= 4 is 31.4 Å². The van der Waals surface area contributed by atoms with Crippen LogP contribution in [0.25, 0.3) is 0 Å². The summed E-state index contributed by atoms with van der Waals surface area (Å²) in [5, 5.41) is 6.30. The molecule has 6 nitrogen and oxygen atoms in total. The van der Waals surface area contributed by atoms with Gasteiger partial charge in [0.1, 0.15) is 0 Å². The Morgan fingerprint density at radius 2 is 1.20 bits per heavy atom. The van der Waals surface area contributed by atoms with Crippen LogP contribution in [0.15, 0.2) is 17.2 Å². The Labute approximate surface area is 182 Å². The van der Waals surface area contributed by atoms with E-state index in [2.05, 4.69) is 79.5 Å². The molecule has 0 bridgehead atoms. The number of aryl methyl sites for hydroxylation is 1. The van der Waals surface area contributed by atoms with Gasteiger partial charge in [0.2, 0.25) is 0 Å². The van der Waals surface area contributed by atoms with Crippen LogP contribution in [-0.2, 0) is 18.6 Å². The molecule has 0 aliphatic carbocycles.